The minimum Gasteiger partial charge on any atom is -0.392 e. The summed E-state index contributed by atoms with van der Waals surface area (Å²) in [5, 5.41) is 4.38. The normalized spacial score (nSPS) is 38.8. The van der Waals surface area contributed by atoms with Crippen LogP contribution >= 0.6 is 0 Å². The summed E-state index contributed by atoms with van der Waals surface area (Å²) in [7, 11) is 0. The van der Waals surface area contributed by atoms with Crippen LogP contribution in [0, 0.1) is 16.7 Å². The van der Waals surface area contributed by atoms with Crippen molar-refractivity contribution >= 4 is 5.71 Å². The topological polar surface area (TPSA) is 21.6 Å². The number of hydrogen-bond donors (Lipinski definition) is 0. The fourth-order valence-electron chi connectivity index (χ4n) is 3.32. The molecule has 0 unspecified atom stereocenters. The van der Waals surface area contributed by atoms with Crippen LogP contribution in [0.15, 0.2) is 17.3 Å². The van der Waals surface area contributed by atoms with Crippen molar-refractivity contribution in [2.24, 2.45) is 21.9 Å². The maximum absolute atomic E-state index is 5.37. The van der Waals surface area contributed by atoms with Crippen LogP contribution in [-0.4, -0.2) is 12.3 Å². The number of rotatable bonds is 3. The average Bonchev–Trinajstić information content (AvgIpc) is 2.57. The summed E-state index contributed by atoms with van der Waals surface area (Å²) in [6, 6.07) is 0. The average molecular weight is 221 g/mol. The van der Waals surface area contributed by atoms with Crippen molar-refractivity contribution in [2.75, 3.05) is 6.61 Å². The van der Waals surface area contributed by atoms with Gasteiger partial charge >= 0.3 is 0 Å². The number of oxime groups is 1. The molecular weight excluding hydrogens is 198 g/mol. The summed E-state index contributed by atoms with van der Waals surface area (Å²) in [5.41, 5.74) is 1.96. The number of hydrogen-bond acceptors (Lipinski definition) is 2. The van der Waals surface area contributed by atoms with Crippen molar-refractivity contribution in [3.8, 4) is 0 Å². The lowest BCUT2D eigenvalue weighted by Crippen LogP contribution is -2.32. The van der Waals surface area contributed by atoms with Gasteiger partial charge in [0.1, 0.15) is 6.61 Å². The summed E-state index contributed by atoms with van der Waals surface area (Å²) in [5.74, 6) is 0.807. The first kappa shape index (κ1) is 11.7. The molecule has 2 nitrogen and oxygen atoms in total. The molecule has 90 valence electrons. The first-order chi connectivity index (χ1) is 7.52. The molecule has 2 rings (SSSR count). The molecule has 2 bridgehead atoms. The zero-order valence-electron chi connectivity index (χ0n) is 10.9. The highest BCUT2D eigenvalue weighted by Crippen LogP contribution is 2.63. The minimum absolute atomic E-state index is 0.271. The zero-order valence-corrected chi connectivity index (χ0v) is 10.9. The third-order valence-corrected chi connectivity index (χ3v) is 5.09. The maximum Gasteiger partial charge on any atom is 0.135 e. The second kappa shape index (κ2) is 3.90. The SMILES string of the molecule is C/C=C/CO/N=C1\C[C@H]2CC[C@]1(C)C2(C)C. The molecular formula is C14H23NO. The van der Waals surface area contributed by atoms with E-state index in [0.29, 0.717) is 12.0 Å². The third-order valence-electron chi connectivity index (χ3n) is 5.09. The summed E-state index contributed by atoms with van der Waals surface area (Å²) in [6.07, 6.45) is 7.75. The van der Waals surface area contributed by atoms with Crippen LogP contribution in [0.3, 0.4) is 0 Å². The van der Waals surface area contributed by atoms with Crippen molar-refractivity contribution in [1.82, 2.24) is 0 Å². The smallest absolute Gasteiger partial charge is 0.135 e. The molecule has 0 amide bonds. The molecule has 0 saturated heterocycles. The molecule has 0 aromatic carbocycles. The van der Waals surface area contributed by atoms with Gasteiger partial charge in [-0.1, -0.05) is 32.0 Å². The van der Waals surface area contributed by atoms with E-state index in [1.807, 2.05) is 19.1 Å². The Morgan fingerprint density at radius 3 is 2.69 bits per heavy atom. The minimum atomic E-state index is 0.271. The fraction of sp³-hybridized carbons (Fsp3) is 0.786. The van der Waals surface area contributed by atoms with E-state index in [-0.39, 0.29) is 5.41 Å². The zero-order chi connectivity index (χ0) is 11.8. The van der Waals surface area contributed by atoms with Gasteiger partial charge in [-0.15, -0.1) is 0 Å². The van der Waals surface area contributed by atoms with Gasteiger partial charge in [0.2, 0.25) is 0 Å². The van der Waals surface area contributed by atoms with E-state index in [2.05, 4.69) is 25.9 Å². The summed E-state index contributed by atoms with van der Waals surface area (Å²) in [6.45, 7) is 9.73. The molecule has 0 spiro atoms. The predicted molar refractivity (Wildman–Crippen MR) is 67.4 cm³/mol. The summed E-state index contributed by atoms with van der Waals surface area (Å²) < 4.78 is 0. The highest BCUT2D eigenvalue weighted by molar-refractivity contribution is 5.93. The van der Waals surface area contributed by atoms with Gasteiger partial charge in [-0.3, -0.25) is 0 Å². The van der Waals surface area contributed by atoms with E-state index in [0.717, 1.165) is 12.3 Å². The Balaban J connectivity index is 2.09. The molecule has 0 aromatic rings. The van der Waals surface area contributed by atoms with Gasteiger partial charge in [0.15, 0.2) is 0 Å². The molecule has 2 aliphatic rings. The van der Waals surface area contributed by atoms with Crippen molar-refractivity contribution in [3.63, 3.8) is 0 Å². The molecule has 2 atom stereocenters. The highest BCUT2D eigenvalue weighted by atomic mass is 16.6. The van der Waals surface area contributed by atoms with Gasteiger partial charge in [0.25, 0.3) is 0 Å². The Morgan fingerprint density at radius 2 is 2.19 bits per heavy atom. The Kier molecular flexibility index (Phi) is 2.85. The Hall–Kier alpha value is -0.790. The van der Waals surface area contributed by atoms with Crippen molar-refractivity contribution in [3.05, 3.63) is 12.2 Å². The van der Waals surface area contributed by atoms with E-state index in [9.17, 15) is 0 Å². The van der Waals surface area contributed by atoms with E-state index in [1.54, 1.807) is 0 Å². The van der Waals surface area contributed by atoms with Gasteiger partial charge < -0.3 is 4.84 Å². The molecule has 0 N–H and O–H groups in total. The standard InChI is InChI=1S/C14H23NO/c1-5-6-9-16-15-12-10-11-7-8-14(12,4)13(11,2)3/h5-6,11H,7-10H2,1-4H3/b6-5+,15-12+/t11-,14+/m1/s1. The molecule has 0 aliphatic heterocycles. The molecule has 0 aromatic heterocycles. The highest BCUT2D eigenvalue weighted by Gasteiger charge is 2.60. The van der Waals surface area contributed by atoms with Crippen LogP contribution in [0.25, 0.3) is 0 Å². The molecule has 2 saturated carbocycles. The van der Waals surface area contributed by atoms with Crippen molar-refractivity contribution in [2.45, 2.75) is 47.0 Å². The first-order valence-corrected chi connectivity index (χ1v) is 6.33. The molecule has 2 fully saturated rings. The Labute approximate surface area is 98.7 Å². The van der Waals surface area contributed by atoms with E-state index in [4.69, 9.17) is 4.84 Å². The first-order valence-electron chi connectivity index (χ1n) is 6.33. The van der Waals surface area contributed by atoms with Gasteiger partial charge in [0.05, 0.1) is 5.71 Å². The maximum atomic E-state index is 5.37. The number of fused-ring (bicyclic) bond motifs is 2. The lowest BCUT2D eigenvalue weighted by Gasteiger charge is -2.34. The van der Waals surface area contributed by atoms with Crippen molar-refractivity contribution < 1.29 is 4.84 Å². The largest absolute Gasteiger partial charge is 0.392 e. The summed E-state index contributed by atoms with van der Waals surface area (Å²) in [4.78, 5) is 5.37. The van der Waals surface area contributed by atoms with Crippen LogP contribution in [0.5, 0.6) is 0 Å². The van der Waals surface area contributed by atoms with Gasteiger partial charge in [0, 0.05) is 5.41 Å². The second-order valence-corrected chi connectivity index (χ2v) is 5.90. The summed E-state index contributed by atoms with van der Waals surface area (Å²) >= 11 is 0. The van der Waals surface area contributed by atoms with Gasteiger partial charge in [-0.05, 0) is 43.6 Å². The van der Waals surface area contributed by atoms with Gasteiger partial charge in [-0.2, -0.15) is 0 Å². The van der Waals surface area contributed by atoms with Crippen LogP contribution in [0.2, 0.25) is 0 Å². The molecule has 0 radical (unpaired) electrons. The Morgan fingerprint density at radius 1 is 1.44 bits per heavy atom. The lowest BCUT2D eigenvalue weighted by molar-refractivity contribution is 0.160. The van der Waals surface area contributed by atoms with Crippen molar-refractivity contribution in [1.29, 1.82) is 0 Å². The van der Waals surface area contributed by atoms with Gasteiger partial charge in [-0.25, -0.2) is 0 Å². The third kappa shape index (κ3) is 1.50. The molecule has 2 aliphatic carbocycles. The molecule has 16 heavy (non-hydrogen) atoms. The Bertz CT molecular complexity index is 330. The van der Waals surface area contributed by atoms with Crippen LogP contribution in [-0.2, 0) is 4.84 Å². The van der Waals surface area contributed by atoms with E-state index < -0.39 is 0 Å². The van der Waals surface area contributed by atoms with E-state index >= 15 is 0 Å². The fourth-order valence-corrected chi connectivity index (χ4v) is 3.32. The monoisotopic (exact) mass is 221 g/mol. The quantitative estimate of drug-likeness (QED) is 0.404. The van der Waals surface area contributed by atoms with E-state index in [1.165, 1.54) is 18.6 Å². The van der Waals surface area contributed by atoms with Crippen LogP contribution in [0.4, 0.5) is 0 Å². The second-order valence-electron chi connectivity index (χ2n) is 5.90. The molecule has 0 heterocycles. The number of nitrogens with zero attached hydrogens (tertiary/aromatic N) is 1. The predicted octanol–water partition coefficient (Wildman–Crippen LogP) is 3.78. The van der Waals surface area contributed by atoms with Crippen LogP contribution < -0.4 is 0 Å². The van der Waals surface area contributed by atoms with Crippen LogP contribution in [0.1, 0.15) is 47.0 Å². The molecule has 2 heteroatoms. The lowest BCUT2D eigenvalue weighted by atomic mass is 9.70. The number of allylic oxidation sites excluding steroid dienone is 1.